The molecule has 1 aliphatic rings. The molecule has 1 amide bonds. The summed E-state index contributed by atoms with van der Waals surface area (Å²) in [4.78, 5) is 12.8. The van der Waals surface area contributed by atoms with Gasteiger partial charge < -0.3 is 10.6 Å². The van der Waals surface area contributed by atoms with Crippen molar-refractivity contribution >= 4 is 27.3 Å². The molecule has 6 nitrogen and oxygen atoms in total. The lowest BCUT2D eigenvalue weighted by Gasteiger charge is -2.30. The van der Waals surface area contributed by atoms with Gasteiger partial charge in [0, 0.05) is 28.9 Å². The molecule has 1 aromatic heterocycles. The van der Waals surface area contributed by atoms with Gasteiger partial charge in [0.05, 0.1) is 0 Å². The third-order valence-electron chi connectivity index (χ3n) is 4.31. The summed E-state index contributed by atoms with van der Waals surface area (Å²) in [7, 11) is -3.50. The maximum absolute atomic E-state index is 12.6. The van der Waals surface area contributed by atoms with E-state index in [1.54, 1.807) is 6.07 Å². The second-order valence-corrected chi connectivity index (χ2v) is 10.7. The van der Waals surface area contributed by atoms with E-state index in [1.807, 2.05) is 33.8 Å². The Labute approximate surface area is 154 Å². The van der Waals surface area contributed by atoms with Crippen molar-refractivity contribution in [3.63, 3.8) is 0 Å². The van der Waals surface area contributed by atoms with Gasteiger partial charge in [-0.2, -0.15) is 0 Å². The second-order valence-electron chi connectivity index (χ2n) is 7.59. The van der Waals surface area contributed by atoms with Crippen molar-refractivity contribution in [2.24, 2.45) is 5.41 Å². The van der Waals surface area contributed by atoms with Crippen molar-refractivity contribution in [2.75, 3.05) is 13.1 Å². The van der Waals surface area contributed by atoms with Gasteiger partial charge in [-0.05, 0) is 44.9 Å². The first-order chi connectivity index (χ1) is 11.6. The van der Waals surface area contributed by atoms with E-state index >= 15 is 0 Å². The molecule has 142 valence electrons. The second kappa shape index (κ2) is 8.16. The average Bonchev–Trinajstić information content (AvgIpc) is 2.98. The highest BCUT2D eigenvalue weighted by Gasteiger charge is 2.27. The summed E-state index contributed by atoms with van der Waals surface area (Å²) in [6, 6.07) is 3.53. The minimum atomic E-state index is -3.50. The lowest BCUT2D eigenvalue weighted by molar-refractivity contribution is -0.128. The molecule has 8 heteroatoms. The van der Waals surface area contributed by atoms with E-state index in [0.717, 1.165) is 24.3 Å². The molecular weight excluding hydrogens is 358 g/mol. The first kappa shape index (κ1) is 20.4. The van der Waals surface area contributed by atoms with Gasteiger partial charge in [-0.3, -0.25) is 4.79 Å². The number of hydrogen-bond acceptors (Lipinski definition) is 5. The monoisotopic (exact) mass is 387 g/mol. The van der Waals surface area contributed by atoms with Gasteiger partial charge in [0.25, 0.3) is 0 Å². The van der Waals surface area contributed by atoms with E-state index in [4.69, 9.17) is 0 Å². The summed E-state index contributed by atoms with van der Waals surface area (Å²) < 4.78 is 28.3. The highest BCUT2D eigenvalue weighted by molar-refractivity contribution is 7.91. The van der Waals surface area contributed by atoms with E-state index in [0.29, 0.717) is 17.2 Å². The molecule has 3 N–H and O–H groups in total. The zero-order valence-electron chi connectivity index (χ0n) is 15.4. The van der Waals surface area contributed by atoms with Gasteiger partial charge in [0.2, 0.25) is 15.9 Å². The zero-order valence-corrected chi connectivity index (χ0v) is 17.0. The largest absolute Gasteiger partial charge is 0.355 e. The van der Waals surface area contributed by atoms with E-state index in [-0.39, 0.29) is 18.0 Å². The Kier molecular flexibility index (Phi) is 6.64. The summed E-state index contributed by atoms with van der Waals surface area (Å²) in [6.45, 7) is 9.04. The van der Waals surface area contributed by atoms with E-state index < -0.39 is 15.4 Å². The summed E-state index contributed by atoms with van der Waals surface area (Å²) in [5, 5.41) is 6.18. The van der Waals surface area contributed by atoms with Crippen molar-refractivity contribution in [1.82, 2.24) is 15.4 Å². The van der Waals surface area contributed by atoms with Crippen molar-refractivity contribution in [3.8, 4) is 0 Å². The molecule has 0 saturated carbocycles. The van der Waals surface area contributed by atoms with Crippen LogP contribution in [-0.4, -0.2) is 39.5 Å². The fourth-order valence-corrected chi connectivity index (χ4v) is 5.39. The molecule has 25 heavy (non-hydrogen) atoms. The Morgan fingerprint density at radius 3 is 2.72 bits per heavy atom. The van der Waals surface area contributed by atoms with Crippen LogP contribution < -0.4 is 15.4 Å². The zero-order chi connectivity index (χ0) is 18.7. The van der Waals surface area contributed by atoms with Crippen LogP contribution in [0.4, 0.5) is 0 Å². The van der Waals surface area contributed by atoms with Crippen LogP contribution in [0.1, 0.15) is 45.4 Å². The van der Waals surface area contributed by atoms with Crippen LogP contribution in [0.2, 0.25) is 0 Å². The quantitative estimate of drug-likeness (QED) is 0.695. The van der Waals surface area contributed by atoms with Gasteiger partial charge >= 0.3 is 0 Å². The summed E-state index contributed by atoms with van der Waals surface area (Å²) >= 11 is 1.27. The molecule has 2 heterocycles. The minimum absolute atomic E-state index is 0.00245. The summed E-state index contributed by atoms with van der Waals surface area (Å²) in [5.41, 5.74) is -0.418. The van der Waals surface area contributed by atoms with Gasteiger partial charge in [-0.25, -0.2) is 13.1 Å². The van der Waals surface area contributed by atoms with Crippen LogP contribution in [0, 0.1) is 5.41 Å². The third-order valence-corrected chi connectivity index (χ3v) is 7.44. The van der Waals surface area contributed by atoms with Crippen LogP contribution in [0.5, 0.6) is 0 Å². The Morgan fingerprint density at radius 2 is 2.08 bits per heavy atom. The molecule has 0 bridgehead atoms. The number of amides is 1. The summed E-state index contributed by atoms with van der Waals surface area (Å²) in [6.07, 6.45) is 2.45. The number of carbonyl (C=O) groups is 1. The molecule has 2 rings (SSSR count). The number of piperidine rings is 1. The SMILES string of the molecule is CC1NCCCC1NS(=O)(=O)c1ccc(CCNC(=O)C(C)(C)C)s1. The maximum Gasteiger partial charge on any atom is 0.250 e. The Bertz CT molecular complexity index is 692. The van der Waals surface area contributed by atoms with Gasteiger partial charge in [-0.15, -0.1) is 11.3 Å². The van der Waals surface area contributed by atoms with Crippen LogP contribution in [0.3, 0.4) is 0 Å². The van der Waals surface area contributed by atoms with Crippen LogP contribution in [0.15, 0.2) is 16.3 Å². The molecule has 1 aromatic rings. The van der Waals surface area contributed by atoms with Crippen LogP contribution in [0.25, 0.3) is 0 Å². The smallest absolute Gasteiger partial charge is 0.250 e. The predicted octanol–water partition coefficient (Wildman–Crippen LogP) is 1.87. The average molecular weight is 388 g/mol. The molecule has 1 fully saturated rings. The number of carbonyl (C=O) groups excluding carboxylic acids is 1. The lowest BCUT2D eigenvalue weighted by atomic mass is 9.96. The first-order valence-corrected chi connectivity index (χ1v) is 11.0. The highest BCUT2D eigenvalue weighted by Crippen LogP contribution is 2.23. The summed E-state index contributed by atoms with van der Waals surface area (Å²) in [5.74, 6) is -0.00245. The normalized spacial score (nSPS) is 21.9. The fraction of sp³-hybridized carbons (Fsp3) is 0.706. The van der Waals surface area contributed by atoms with Gasteiger partial charge in [0.15, 0.2) is 0 Å². The van der Waals surface area contributed by atoms with E-state index in [9.17, 15) is 13.2 Å². The number of sulfonamides is 1. The fourth-order valence-electron chi connectivity index (χ4n) is 2.66. The molecule has 0 radical (unpaired) electrons. The Balaban J connectivity index is 1.92. The number of nitrogens with one attached hydrogen (secondary N) is 3. The van der Waals surface area contributed by atoms with Crippen LogP contribution >= 0.6 is 11.3 Å². The lowest BCUT2D eigenvalue weighted by Crippen LogP contribution is -2.51. The van der Waals surface area contributed by atoms with Crippen LogP contribution in [-0.2, 0) is 21.2 Å². The van der Waals surface area contributed by atoms with Crippen molar-refractivity contribution in [1.29, 1.82) is 0 Å². The highest BCUT2D eigenvalue weighted by atomic mass is 32.2. The topological polar surface area (TPSA) is 87.3 Å². The first-order valence-electron chi connectivity index (χ1n) is 8.72. The molecule has 1 aliphatic heterocycles. The van der Waals surface area contributed by atoms with Gasteiger partial charge in [0.1, 0.15) is 4.21 Å². The maximum atomic E-state index is 12.6. The third kappa shape index (κ3) is 5.77. The molecule has 2 atom stereocenters. The standard InChI is InChI=1S/C17H29N3O3S2/c1-12-14(6-5-10-18-12)20-25(22,23)15-8-7-13(24-15)9-11-19-16(21)17(2,3)4/h7-8,12,14,18,20H,5-6,9-11H2,1-4H3,(H,19,21). The molecule has 0 aromatic carbocycles. The predicted molar refractivity (Wildman–Crippen MR) is 101 cm³/mol. The van der Waals surface area contributed by atoms with Crippen molar-refractivity contribution in [3.05, 3.63) is 17.0 Å². The number of thiophene rings is 1. The molecular formula is C17H29N3O3S2. The molecule has 2 unspecified atom stereocenters. The molecule has 0 aliphatic carbocycles. The number of hydrogen-bond donors (Lipinski definition) is 3. The van der Waals surface area contributed by atoms with Crippen molar-refractivity contribution in [2.45, 2.75) is 63.3 Å². The van der Waals surface area contributed by atoms with Crippen molar-refractivity contribution < 1.29 is 13.2 Å². The number of rotatable bonds is 6. The van der Waals surface area contributed by atoms with E-state index in [2.05, 4.69) is 15.4 Å². The van der Waals surface area contributed by atoms with E-state index in [1.165, 1.54) is 11.3 Å². The Hall–Kier alpha value is -0.960. The minimum Gasteiger partial charge on any atom is -0.355 e. The molecule has 0 spiro atoms. The Morgan fingerprint density at radius 1 is 1.36 bits per heavy atom. The molecule has 1 saturated heterocycles. The van der Waals surface area contributed by atoms with Gasteiger partial charge in [-0.1, -0.05) is 20.8 Å².